The van der Waals surface area contributed by atoms with Gasteiger partial charge < -0.3 is 0 Å². The van der Waals surface area contributed by atoms with Crippen LogP contribution < -0.4 is 9.73 Å². The van der Waals surface area contributed by atoms with Crippen molar-refractivity contribution >= 4 is 27.3 Å². The minimum absolute atomic E-state index is 0.0483. The van der Waals surface area contributed by atoms with Crippen molar-refractivity contribution in [3.63, 3.8) is 0 Å². The lowest BCUT2D eigenvalue weighted by atomic mass is 10.2. The normalized spacial score (nSPS) is 14.7. The zero-order valence-electron chi connectivity index (χ0n) is 16.1. The molecule has 6 nitrogen and oxygen atoms in total. The minimum Gasteiger partial charge on any atom is -0.271 e. The molecule has 1 aliphatic carbocycles. The van der Waals surface area contributed by atoms with Crippen molar-refractivity contribution in [1.82, 2.24) is 5.43 Å². The predicted octanol–water partition coefficient (Wildman–Crippen LogP) is 3.85. The number of carbonyl (C=O) groups excluding carboxylic acids is 1. The Morgan fingerprint density at radius 2 is 1.59 bits per heavy atom. The van der Waals surface area contributed by atoms with Gasteiger partial charge in [-0.15, -0.1) is 0 Å². The highest BCUT2D eigenvalue weighted by Gasteiger charge is 2.27. The van der Waals surface area contributed by atoms with E-state index in [9.17, 15) is 17.6 Å². The molecule has 0 radical (unpaired) electrons. The van der Waals surface area contributed by atoms with Crippen molar-refractivity contribution in [2.24, 2.45) is 5.10 Å². The Bertz CT molecular complexity index is 950. The van der Waals surface area contributed by atoms with Gasteiger partial charge in [0, 0.05) is 5.71 Å². The molecule has 2 aromatic rings. The fourth-order valence-corrected chi connectivity index (χ4v) is 4.64. The van der Waals surface area contributed by atoms with E-state index in [-0.39, 0.29) is 10.6 Å². The second-order valence-corrected chi connectivity index (χ2v) is 8.79. The van der Waals surface area contributed by atoms with Crippen molar-refractivity contribution in [3.05, 3.63) is 60.4 Å². The molecule has 8 heteroatoms. The lowest BCUT2D eigenvalue weighted by Gasteiger charge is -2.23. The summed E-state index contributed by atoms with van der Waals surface area (Å²) in [6.45, 7) is -0.459. The molecule has 0 spiro atoms. The summed E-state index contributed by atoms with van der Waals surface area (Å²) in [6, 6.07) is 12.8. The quantitative estimate of drug-likeness (QED) is 0.573. The van der Waals surface area contributed by atoms with Crippen LogP contribution in [0.5, 0.6) is 0 Å². The zero-order valence-corrected chi connectivity index (χ0v) is 16.9. The monoisotopic (exact) mass is 417 g/mol. The Morgan fingerprint density at radius 1 is 0.966 bits per heavy atom. The molecule has 2 aromatic carbocycles. The van der Waals surface area contributed by atoms with Gasteiger partial charge in [0.15, 0.2) is 0 Å². The number of sulfonamides is 1. The molecule has 0 atom stereocenters. The van der Waals surface area contributed by atoms with Gasteiger partial charge >= 0.3 is 0 Å². The van der Waals surface area contributed by atoms with Crippen LogP contribution in [0.1, 0.15) is 38.5 Å². The molecule has 29 heavy (non-hydrogen) atoms. The second kappa shape index (κ2) is 9.65. The van der Waals surface area contributed by atoms with E-state index in [1.807, 2.05) is 0 Å². The molecule has 1 N–H and O–H groups in total. The molecule has 1 saturated carbocycles. The number of nitrogens with one attached hydrogen (secondary N) is 1. The lowest BCUT2D eigenvalue weighted by Crippen LogP contribution is -2.39. The van der Waals surface area contributed by atoms with Crippen molar-refractivity contribution in [2.75, 3.05) is 10.8 Å². The molecule has 1 amide bonds. The smallest absolute Gasteiger partial charge is 0.264 e. The van der Waals surface area contributed by atoms with Gasteiger partial charge in [0.05, 0.1) is 10.6 Å². The molecule has 1 fully saturated rings. The van der Waals surface area contributed by atoms with Gasteiger partial charge in [0.25, 0.3) is 15.9 Å². The highest BCUT2D eigenvalue weighted by molar-refractivity contribution is 7.92. The maximum absolute atomic E-state index is 13.3. The standard InChI is InChI=1S/C21H24FN3O3S/c22-17-12-14-19(15-13-17)25(29(27,28)20-10-6-3-7-11-20)16-21(26)24-23-18-8-4-1-2-5-9-18/h3,6-7,10-15H,1-2,4-5,8-9,16H2,(H,24,26). The van der Waals surface area contributed by atoms with Crippen LogP contribution in [-0.2, 0) is 14.8 Å². The molecule has 1 aliphatic rings. The van der Waals surface area contributed by atoms with Crippen LogP contribution in [0.2, 0.25) is 0 Å². The van der Waals surface area contributed by atoms with Crippen LogP contribution in [0.15, 0.2) is 64.6 Å². The van der Waals surface area contributed by atoms with Gasteiger partial charge in [-0.2, -0.15) is 5.10 Å². The summed E-state index contributed by atoms with van der Waals surface area (Å²) in [4.78, 5) is 12.6. The molecule has 0 heterocycles. The first-order valence-corrected chi connectivity index (χ1v) is 11.1. The number of anilines is 1. The number of carbonyl (C=O) groups is 1. The fraction of sp³-hybridized carbons (Fsp3) is 0.333. The summed E-state index contributed by atoms with van der Waals surface area (Å²) in [6.07, 6.45) is 6.06. The molecule has 154 valence electrons. The average Bonchev–Trinajstić information content (AvgIpc) is 3.01. The number of benzene rings is 2. The summed E-state index contributed by atoms with van der Waals surface area (Å²) in [5, 5.41) is 4.19. The maximum Gasteiger partial charge on any atom is 0.264 e. The molecule has 0 bridgehead atoms. The number of rotatable bonds is 6. The van der Waals surface area contributed by atoms with Crippen molar-refractivity contribution in [1.29, 1.82) is 0 Å². The van der Waals surface area contributed by atoms with Gasteiger partial charge in [-0.3, -0.25) is 9.10 Å². The van der Waals surface area contributed by atoms with Crippen molar-refractivity contribution < 1.29 is 17.6 Å². The van der Waals surface area contributed by atoms with Gasteiger partial charge in [0.1, 0.15) is 12.4 Å². The van der Waals surface area contributed by atoms with Gasteiger partial charge in [-0.25, -0.2) is 18.2 Å². The minimum atomic E-state index is -4.01. The summed E-state index contributed by atoms with van der Waals surface area (Å²) < 4.78 is 40.5. The second-order valence-electron chi connectivity index (χ2n) is 6.93. The van der Waals surface area contributed by atoms with E-state index in [4.69, 9.17) is 0 Å². The maximum atomic E-state index is 13.3. The highest BCUT2D eigenvalue weighted by Crippen LogP contribution is 2.23. The van der Waals surface area contributed by atoms with Crippen LogP contribution >= 0.6 is 0 Å². The number of hydrazone groups is 1. The number of hydrogen-bond acceptors (Lipinski definition) is 4. The van der Waals surface area contributed by atoms with E-state index in [2.05, 4.69) is 10.5 Å². The Hall–Kier alpha value is -2.74. The van der Waals surface area contributed by atoms with Crippen LogP contribution in [0.25, 0.3) is 0 Å². The Kier molecular flexibility index (Phi) is 6.98. The van der Waals surface area contributed by atoms with Crippen LogP contribution in [-0.4, -0.2) is 26.6 Å². The largest absolute Gasteiger partial charge is 0.271 e. The van der Waals surface area contributed by atoms with Crippen LogP contribution in [0, 0.1) is 5.82 Å². The van der Waals surface area contributed by atoms with E-state index in [1.54, 1.807) is 18.2 Å². The van der Waals surface area contributed by atoms with E-state index < -0.39 is 28.3 Å². The average molecular weight is 418 g/mol. The molecule has 0 aliphatic heterocycles. The van der Waals surface area contributed by atoms with Crippen molar-refractivity contribution in [3.8, 4) is 0 Å². The number of hydrogen-bond donors (Lipinski definition) is 1. The molecule has 0 unspecified atom stereocenters. The number of nitrogens with zero attached hydrogens (tertiary/aromatic N) is 2. The van der Waals surface area contributed by atoms with Gasteiger partial charge in [-0.1, -0.05) is 31.0 Å². The summed E-state index contributed by atoms with van der Waals surface area (Å²) in [5.74, 6) is -1.04. The third-order valence-electron chi connectivity index (χ3n) is 4.75. The summed E-state index contributed by atoms with van der Waals surface area (Å²) in [7, 11) is -4.01. The Morgan fingerprint density at radius 3 is 2.21 bits per heavy atom. The van der Waals surface area contributed by atoms with Crippen LogP contribution in [0.4, 0.5) is 10.1 Å². The van der Waals surface area contributed by atoms with Crippen LogP contribution in [0.3, 0.4) is 0 Å². The third kappa shape index (κ3) is 5.63. The Balaban J connectivity index is 1.82. The fourth-order valence-electron chi connectivity index (χ4n) is 3.20. The summed E-state index contributed by atoms with van der Waals surface area (Å²) >= 11 is 0. The lowest BCUT2D eigenvalue weighted by molar-refractivity contribution is -0.119. The highest BCUT2D eigenvalue weighted by atomic mass is 32.2. The first-order valence-electron chi connectivity index (χ1n) is 9.64. The van der Waals surface area contributed by atoms with E-state index in [0.29, 0.717) is 0 Å². The molecule has 0 saturated heterocycles. The molecular formula is C21H24FN3O3S. The predicted molar refractivity (Wildman–Crippen MR) is 111 cm³/mol. The zero-order chi connectivity index (χ0) is 20.7. The molecular weight excluding hydrogens is 393 g/mol. The first kappa shape index (κ1) is 21.0. The van der Waals surface area contributed by atoms with E-state index in [1.165, 1.54) is 24.3 Å². The third-order valence-corrected chi connectivity index (χ3v) is 6.54. The van der Waals surface area contributed by atoms with Gasteiger partial charge in [0.2, 0.25) is 0 Å². The van der Waals surface area contributed by atoms with Gasteiger partial charge in [-0.05, 0) is 62.1 Å². The number of amides is 1. The first-order chi connectivity index (χ1) is 14.0. The number of halogens is 1. The summed E-state index contributed by atoms with van der Waals surface area (Å²) in [5.41, 5.74) is 3.61. The molecule has 0 aromatic heterocycles. The Labute approximate surface area is 170 Å². The SMILES string of the molecule is O=C(CN(c1ccc(F)cc1)S(=O)(=O)c1ccccc1)NN=C1CCCCCC1. The van der Waals surface area contributed by atoms with Crippen molar-refractivity contribution in [2.45, 2.75) is 43.4 Å². The topological polar surface area (TPSA) is 78.8 Å². The van der Waals surface area contributed by atoms with E-state index >= 15 is 0 Å². The molecule has 3 rings (SSSR count). The van der Waals surface area contributed by atoms with E-state index in [0.717, 1.165) is 60.7 Å².